The smallest absolute Gasteiger partial charge is 0.191 e. The molecule has 144 valence electrons. The molecule has 7 heteroatoms. The third-order valence-electron chi connectivity index (χ3n) is 5.94. The van der Waals surface area contributed by atoms with E-state index in [2.05, 4.69) is 36.4 Å². The number of nitrogens with zero attached hydrogens (tertiary/aromatic N) is 2. The third-order valence-corrected chi connectivity index (χ3v) is 7.78. The lowest BCUT2D eigenvalue weighted by Gasteiger charge is -2.47. The van der Waals surface area contributed by atoms with Crippen LogP contribution in [-0.4, -0.2) is 68.5 Å². The molecular formula is C18H34N4O2S. The van der Waals surface area contributed by atoms with Crippen molar-refractivity contribution in [2.24, 2.45) is 10.9 Å². The first-order valence-electron chi connectivity index (χ1n) is 9.82. The molecule has 0 saturated carbocycles. The number of rotatable bonds is 4. The molecule has 0 amide bonds. The second-order valence-corrected chi connectivity index (χ2v) is 10.7. The molecule has 3 atom stereocenters. The van der Waals surface area contributed by atoms with Crippen molar-refractivity contribution < 1.29 is 8.42 Å². The Kier molecular flexibility index (Phi) is 5.93. The van der Waals surface area contributed by atoms with Crippen LogP contribution < -0.4 is 10.6 Å². The Labute approximate surface area is 152 Å². The number of aliphatic imine (C=N–C) groups is 1. The van der Waals surface area contributed by atoms with Crippen molar-refractivity contribution in [1.29, 1.82) is 0 Å². The molecule has 3 unspecified atom stereocenters. The summed E-state index contributed by atoms with van der Waals surface area (Å²) in [7, 11) is -0.555. The van der Waals surface area contributed by atoms with Crippen molar-refractivity contribution in [3.05, 3.63) is 0 Å². The number of hydrogen-bond donors (Lipinski definition) is 2. The number of piperidine rings is 2. The molecular weight excluding hydrogens is 336 g/mol. The van der Waals surface area contributed by atoms with E-state index < -0.39 is 9.84 Å². The van der Waals surface area contributed by atoms with Gasteiger partial charge >= 0.3 is 0 Å². The first kappa shape index (κ1) is 19.0. The molecule has 3 saturated heterocycles. The number of nitrogens with one attached hydrogen (secondary N) is 2. The zero-order valence-electron chi connectivity index (χ0n) is 15.9. The second kappa shape index (κ2) is 7.82. The molecule has 6 nitrogen and oxygen atoms in total. The van der Waals surface area contributed by atoms with Crippen LogP contribution in [0.25, 0.3) is 0 Å². The zero-order chi connectivity index (χ0) is 18.0. The monoisotopic (exact) mass is 370 g/mol. The molecule has 2 N–H and O–H groups in total. The van der Waals surface area contributed by atoms with Gasteiger partial charge in [-0.3, -0.25) is 4.99 Å². The van der Waals surface area contributed by atoms with Gasteiger partial charge in [0.2, 0.25) is 0 Å². The molecule has 0 radical (unpaired) electrons. The van der Waals surface area contributed by atoms with Crippen molar-refractivity contribution in [2.75, 3.05) is 25.1 Å². The Hall–Kier alpha value is -0.820. The van der Waals surface area contributed by atoms with Crippen LogP contribution in [0.5, 0.6) is 0 Å². The fourth-order valence-electron chi connectivity index (χ4n) is 4.57. The van der Waals surface area contributed by atoms with Gasteiger partial charge in [-0.25, -0.2) is 8.42 Å². The molecule has 0 aliphatic carbocycles. The summed E-state index contributed by atoms with van der Waals surface area (Å²) < 4.78 is 23.3. The minimum Gasteiger partial charge on any atom is -0.354 e. The van der Waals surface area contributed by atoms with E-state index in [9.17, 15) is 8.42 Å². The average molecular weight is 371 g/mol. The maximum Gasteiger partial charge on any atom is 0.191 e. The highest BCUT2D eigenvalue weighted by atomic mass is 32.2. The van der Waals surface area contributed by atoms with Crippen LogP contribution in [0.3, 0.4) is 0 Å². The largest absolute Gasteiger partial charge is 0.354 e. The summed E-state index contributed by atoms with van der Waals surface area (Å²) in [5.74, 6) is 1.65. The fraction of sp³-hybridized carbons (Fsp3) is 0.944. The summed E-state index contributed by atoms with van der Waals surface area (Å²) in [6.07, 6.45) is 7.05. The minimum absolute atomic E-state index is 0.174. The van der Waals surface area contributed by atoms with Crippen molar-refractivity contribution >= 4 is 15.8 Å². The lowest BCUT2D eigenvalue weighted by Crippen LogP contribution is -2.57. The fourth-order valence-corrected chi connectivity index (χ4v) is 6.42. The maximum atomic E-state index is 11.6. The number of sulfone groups is 1. The summed E-state index contributed by atoms with van der Waals surface area (Å²) >= 11 is 0. The third kappa shape index (κ3) is 5.09. The molecule has 0 aromatic carbocycles. The first-order chi connectivity index (χ1) is 11.8. The van der Waals surface area contributed by atoms with Crippen molar-refractivity contribution in [3.63, 3.8) is 0 Å². The van der Waals surface area contributed by atoms with E-state index in [1.165, 1.54) is 32.1 Å². The van der Waals surface area contributed by atoms with Gasteiger partial charge in [-0.05, 0) is 58.9 Å². The molecule has 2 bridgehead atoms. The van der Waals surface area contributed by atoms with Gasteiger partial charge in [0, 0.05) is 30.7 Å². The van der Waals surface area contributed by atoms with Gasteiger partial charge in [0.05, 0.1) is 11.5 Å². The van der Waals surface area contributed by atoms with E-state index in [4.69, 9.17) is 4.99 Å². The minimum atomic E-state index is -2.83. The SMILES string of the molecule is CC(C)NC(=NCC1CCS(=O)(=O)C1)NC1CC2CCCC(C1)N2C. The Morgan fingerprint density at radius 3 is 2.44 bits per heavy atom. The molecule has 3 rings (SSSR count). The normalized spacial score (nSPS) is 35.8. The zero-order valence-corrected chi connectivity index (χ0v) is 16.7. The van der Waals surface area contributed by atoms with Crippen LogP contribution >= 0.6 is 0 Å². The molecule has 3 aliphatic heterocycles. The van der Waals surface area contributed by atoms with Crippen LogP contribution in [0.1, 0.15) is 52.4 Å². The van der Waals surface area contributed by atoms with E-state index in [1.54, 1.807) is 0 Å². The summed E-state index contributed by atoms with van der Waals surface area (Å²) in [5, 5.41) is 7.07. The Morgan fingerprint density at radius 1 is 1.20 bits per heavy atom. The number of hydrogen-bond acceptors (Lipinski definition) is 4. The molecule has 0 spiro atoms. The van der Waals surface area contributed by atoms with Gasteiger partial charge < -0.3 is 15.5 Å². The Morgan fingerprint density at radius 2 is 1.88 bits per heavy atom. The van der Waals surface area contributed by atoms with Gasteiger partial charge in [-0.2, -0.15) is 0 Å². The molecule has 3 heterocycles. The second-order valence-electron chi connectivity index (χ2n) is 8.47. The van der Waals surface area contributed by atoms with E-state index in [0.717, 1.165) is 12.4 Å². The molecule has 3 aliphatic rings. The molecule has 3 fully saturated rings. The molecule has 25 heavy (non-hydrogen) atoms. The first-order valence-corrected chi connectivity index (χ1v) is 11.6. The van der Waals surface area contributed by atoms with Crippen LogP contribution in [0, 0.1) is 5.92 Å². The van der Waals surface area contributed by atoms with Crippen molar-refractivity contribution in [3.8, 4) is 0 Å². The van der Waals surface area contributed by atoms with Crippen LogP contribution in [0.15, 0.2) is 4.99 Å². The van der Waals surface area contributed by atoms with E-state index >= 15 is 0 Å². The highest BCUT2D eigenvalue weighted by molar-refractivity contribution is 7.91. The summed E-state index contributed by atoms with van der Waals surface area (Å²) in [5.41, 5.74) is 0. The topological polar surface area (TPSA) is 73.8 Å². The van der Waals surface area contributed by atoms with Crippen molar-refractivity contribution in [2.45, 2.75) is 76.5 Å². The van der Waals surface area contributed by atoms with E-state index in [1.807, 2.05) is 0 Å². The average Bonchev–Trinajstić information content (AvgIpc) is 2.84. The van der Waals surface area contributed by atoms with Crippen molar-refractivity contribution in [1.82, 2.24) is 15.5 Å². The Bertz CT molecular complexity index is 576. The Balaban J connectivity index is 1.60. The highest BCUT2D eigenvalue weighted by Gasteiger charge is 2.36. The maximum absolute atomic E-state index is 11.6. The van der Waals surface area contributed by atoms with Gasteiger partial charge in [-0.1, -0.05) is 6.42 Å². The van der Waals surface area contributed by atoms with E-state index in [-0.39, 0.29) is 5.92 Å². The quantitative estimate of drug-likeness (QED) is 0.578. The summed E-state index contributed by atoms with van der Waals surface area (Å²) in [6, 6.07) is 2.14. The molecule has 0 aromatic heterocycles. The van der Waals surface area contributed by atoms with E-state index in [0.29, 0.717) is 42.2 Å². The highest BCUT2D eigenvalue weighted by Crippen LogP contribution is 2.32. The standard InChI is InChI=1S/C18H34N4O2S/c1-13(2)20-18(19-11-14-7-8-25(23,24)12-14)21-15-9-16-5-4-6-17(10-15)22(16)3/h13-17H,4-12H2,1-3H3,(H2,19,20,21). The van der Waals surface area contributed by atoms with Gasteiger partial charge in [-0.15, -0.1) is 0 Å². The van der Waals surface area contributed by atoms with Crippen LogP contribution in [0.2, 0.25) is 0 Å². The predicted molar refractivity (Wildman–Crippen MR) is 103 cm³/mol. The van der Waals surface area contributed by atoms with Gasteiger partial charge in [0.25, 0.3) is 0 Å². The number of fused-ring (bicyclic) bond motifs is 2. The number of guanidine groups is 1. The van der Waals surface area contributed by atoms with Gasteiger partial charge in [0.1, 0.15) is 0 Å². The van der Waals surface area contributed by atoms with Crippen LogP contribution in [0.4, 0.5) is 0 Å². The molecule has 0 aromatic rings. The lowest BCUT2D eigenvalue weighted by molar-refractivity contribution is 0.0526. The predicted octanol–water partition coefficient (Wildman–Crippen LogP) is 1.38. The van der Waals surface area contributed by atoms with Gasteiger partial charge in [0.15, 0.2) is 15.8 Å². The summed E-state index contributed by atoms with van der Waals surface area (Å²) in [4.78, 5) is 7.30. The summed E-state index contributed by atoms with van der Waals surface area (Å²) in [6.45, 7) is 4.82. The lowest BCUT2D eigenvalue weighted by atomic mass is 9.82. The van der Waals surface area contributed by atoms with Crippen LogP contribution in [-0.2, 0) is 9.84 Å².